The Labute approximate surface area is 180 Å². The number of hydrogen-bond donors (Lipinski definition) is 2. The third kappa shape index (κ3) is 5.14. The van der Waals surface area contributed by atoms with Crippen molar-refractivity contribution >= 4 is 45.0 Å². The van der Waals surface area contributed by atoms with Crippen LogP contribution in [-0.4, -0.2) is 35.0 Å². The van der Waals surface area contributed by atoms with Crippen LogP contribution in [0.5, 0.6) is 5.75 Å². The van der Waals surface area contributed by atoms with Crippen molar-refractivity contribution in [3.8, 4) is 5.75 Å². The van der Waals surface area contributed by atoms with Gasteiger partial charge in [0.05, 0.1) is 23.4 Å². The molecule has 0 spiro atoms. The van der Waals surface area contributed by atoms with Crippen LogP contribution in [0.25, 0.3) is 0 Å². The van der Waals surface area contributed by atoms with Crippen molar-refractivity contribution in [2.75, 3.05) is 18.5 Å². The highest BCUT2D eigenvalue weighted by Gasteiger charge is 2.29. The number of aliphatic hydroxyl groups is 1. The Kier molecular flexibility index (Phi) is 6.89. The van der Waals surface area contributed by atoms with E-state index in [1.165, 1.54) is 41.4 Å². The summed E-state index contributed by atoms with van der Waals surface area (Å²) in [6, 6.07) is 7.73. The van der Waals surface area contributed by atoms with Crippen molar-refractivity contribution in [2.45, 2.75) is 12.5 Å². The number of nitrogens with one attached hydrogen (secondary N) is 1. The molecule has 1 aliphatic rings. The lowest BCUT2D eigenvalue weighted by Gasteiger charge is -2.31. The van der Waals surface area contributed by atoms with E-state index in [4.69, 9.17) is 21.4 Å². The maximum atomic E-state index is 13.7. The van der Waals surface area contributed by atoms with Crippen molar-refractivity contribution in [3.63, 3.8) is 0 Å². The number of nitrogens with zero attached hydrogens (tertiary/aromatic N) is 1. The molecule has 0 bridgehead atoms. The highest BCUT2D eigenvalue weighted by Crippen LogP contribution is 2.36. The second-order valence-electron chi connectivity index (χ2n) is 6.23. The molecule has 2 aromatic carbocycles. The Hall–Kier alpha value is -2.42. The number of ketones is 1. The molecular formula is C20H17BrClFN2O4. The topological polar surface area (TPSA) is 78.9 Å². The molecule has 2 aromatic rings. The van der Waals surface area contributed by atoms with Crippen LogP contribution in [0.1, 0.15) is 18.0 Å². The van der Waals surface area contributed by atoms with Crippen molar-refractivity contribution in [2.24, 2.45) is 0 Å². The molecule has 0 radical (unpaired) electrons. The molecule has 9 heteroatoms. The zero-order chi connectivity index (χ0) is 21.0. The van der Waals surface area contributed by atoms with Crippen LogP contribution < -0.4 is 10.1 Å². The van der Waals surface area contributed by atoms with E-state index >= 15 is 0 Å². The Balaban J connectivity index is 1.86. The second-order valence-corrected chi connectivity index (χ2v) is 7.49. The predicted octanol–water partition coefficient (Wildman–Crippen LogP) is 4.67. The van der Waals surface area contributed by atoms with Gasteiger partial charge in [-0.2, -0.15) is 0 Å². The Morgan fingerprint density at radius 2 is 2.17 bits per heavy atom. The molecule has 1 unspecified atom stereocenters. The molecule has 0 saturated carbocycles. The summed E-state index contributed by atoms with van der Waals surface area (Å²) in [6.07, 6.45) is 2.73. The third-order valence-corrected chi connectivity index (χ3v) is 5.18. The number of carbonyl (C=O) groups is 2. The summed E-state index contributed by atoms with van der Waals surface area (Å²) in [4.78, 5) is 26.2. The molecule has 6 nitrogen and oxygen atoms in total. The Bertz CT molecular complexity index is 969. The summed E-state index contributed by atoms with van der Waals surface area (Å²) in [7, 11) is 0. The molecule has 1 heterocycles. The van der Waals surface area contributed by atoms with Crippen LogP contribution >= 0.6 is 27.5 Å². The van der Waals surface area contributed by atoms with Gasteiger partial charge in [0.1, 0.15) is 18.2 Å². The number of anilines is 1. The quantitative estimate of drug-likeness (QED) is 0.648. The largest absolute Gasteiger partial charge is 0.490 e. The maximum Gasteiger partial charge on any atom is 0.326 e. The van der Waals surface area contributed by atoms with E-state index in [1.807, 2.05) is 0 Å². The number of rotatable bonds is 5. The van der Waals surface area contributed by atoms with Gasteiger partial charge in [0.15, 0.2) is 5.78 Å². The molecular weight excluding hydrogens is 467 g/mol. The molecule has 29 heavy (non-hydrogen) atoms. The maximum absolute atomic E-state index is 13.7. The zero-order valence-electron chi connectivity index (χ0n) is 15.1. The first-order valence-corrected chi connectivity index (χ1v) is 9.84. The molecule has 2 N–H and O–H groups in total. The number of urea groups is 1. The van der Waals surface area contributed by atoms with E-state index in [1.54, 1.807) is 12.1 Å². The minimum Gasteiger partial charge on any atom is -0.490 e. The van der Waals surface area contributed by atoms with Gasteiger partial charge in [0, 0.05) is 23.2 Å². The van der Waals surface area contributed by atoms with E-state index < -0.39 is 17.9 Å². The summed E-state index contributed by atoms with van der Waals surface area (Å²) in [5.74, 6) is -0.308. The van der Waals surface area contributed by atoms with E-state index in [2.05, 4.69) is 21.2 Å². The van der Waals surface area contributed by atoms with Gasteiger partial charge >= 0.3 is 6.03 Å². The summed E-state index contributed by atoms with van der Waals surface area (Å²) in [6.45, 7) is -0.136. The first-order chi connectivity index (χ1) is 13.9. The summed E-state index contributed by atoms with van der Waals surface area (Å²) in [5.41, 5.74) is 0.899. The lowest BCUT2D eigenvalue weighted by Crippen LogP contribution is -2.37. The minimum absolute atomic E-state index is 0.0417. The first kappa shape index (κ1) is 21.3. The van der Waals surface area contributed by atoms with Crippen LogP contribution in [0.2, 0.25) is 5.02 Å². The van der Waals surface area contributed by atoms with Crippen LogP contribution in [0.3, 0.4) is 0 Å². The molecule has 0 fully saturated rings. The van der Waals surface area contributed by atoms with Gasteiger partial charge in [0.25, 0.3) is 0 Å². The molecule has 3 rings (SSSR count). The van der Waals surface area contributed by atoms with E-state index in [-0.39, 0.29) is 25.4 Å². The SMILES string of the molecule is O=C1C=CN(C(=O)Nc2cc(OCCO)c(Cl)cc2Br)C(c2cccc(F)c2)C1. The molecule has 0 aromatic heterocycles. The van der Waals surface area contributed by atoms with E-state index in [0.717, 1.165) is 0 Å². The number of hydrogen-bond acceptors (Lipinski definition) is 4. The van der Waals surface area contributed by atoms with E-state index in [9.17, 15) is 14.0 Å². The lowest BCUT2D eigenvalue weighted by atomic mass is 9.97. The van der Waals surface area contributed by atoms with Gasteiger partial charge in [-0.25, -0.2) is 9.18 Å². The predicted molar refractivity (Wildman–Crippen MR) is 110 cm³/mol. The fraction of sp³-hybridized carbons (Fsp3) is 0.200. The number of ether oxygens (including phenoxy) is 1. The normalized spacial score (nSPS) is 16.1. The van der Waals surface area contributed by atoms with Gasteiger partial charge in [-0.1, -0.05) is 23.7 Å². The minimum atomic E-state index is -0.639. The summed E-state index contributed by atoms with van der Waals surface area (Å²) < 4.78 is 19.5. The first-order valence-electron chi connectivity index (χ1n) is 8.67. The lowest BCUT2D eigenvalue weighted by molar-refractivity contribution is -0.116. The molecule has 2 amide bonds. The summed E-state index contributed by atoms with van der Waals surface area (Å²) in [5, 5.41) is 12.0. The number of benzene rings is 2. The van der Waals surface area contributed by atoms with Crippen LogP contribution in [0.4, 0.5) is 14.9 Å². The Morgan fingerprint density at radius 1 is 1.38 bits per heavy atom. The molecule has 1 aliphatic heterocycles. The van der Waals surface area contributed by atoms with E-state index in [0.29, 0.717) is 26.5 Å². The van der Waals surface area contributed by atoms with Crippen molar-refractivity contribution in [1.82, 2.24) is 4.90 Å². The van der Waals surface area contributed by atoms with Gasteiger partial charge in [-0.05, 0) is 45.8 Å². The third-order valence-electron chi connectivity index (χ3n) is 4.23. The molecule has 1 atom stereocenters. The fourth-order valence-corrected chi connectivity index (χ4v) is 3.69. The monoisotopic (exact) mass is 482 g/mol. The molecule has 0 saturated heterocycles. The smallest absolute Gasteiger partial charge is 0.326 e. The van der Waals surface area contributed by atoms with Gasteiger partial charge in [-0.15, -0.1) is 0 Å². The van der Waals surface area contributed by atoms with Crippen molar-refractivity contribution in [1.29, 1.82) is 0 Å². The number of carbonyl (C=O) groups excluding carboxylic acids is 2. The molecule has 0 aliphatic carbocycles. The standard InChI is InChI=1S/C20H17BrClFN2O4/c21-15-10-16(22)19(29-7-6-26)11-17(15)24-20(28)25-5-4-14(27)9-18(25)12-2-1-3-13(23)8-12/h1-5,8,10-11,18,26H,6-7,9H2,(H,24,28). The number of amides is 2. The van der Waals surface area contributed by atoms with Gasteiger partial charge < -0.3 is 15.2 Å². The van der Waals surface area contributed by atoms with Crippen LogP contribution in [0, 0.1) is 5.82 Å². The molecule has 152 valence electrons. The average Bonchev–Trinajstić information content (AvgIpc) is 2.69. The average molecular weight is 484 g/mol. The van der Waals surface area contributed by atoms with Crippen LogP contribution in [-0.2, 0) is 4.79 Å². The zero-order valence-corrected chi connectivity index (χ0v) is 17.4. The Morgan fingerprint density at radius 3 is 2.90 bits per heavy atom. The number of aliphatic hydroxyl groups excluding tert-OH is 1. The van der Waals surface area contributed by atoms with Gasteiger partial charge in [-0.3, -0.25) is 9.69 Å². The number of allylic oxidation sites excluding steroid dienone is 1. The highest BCUT2D eigenvalue weighted by molar-refractivity contribution is 9.10. The summed E-state index contributed by atoms with van der Waals surface area (Å²) >= 11 is 9.45. The van der Waals surface area contributed by atoms with Gasteiger partial charge in [0.2, 0.25) is 0 Å². The van der Waals surface area contributed by atoms with Crippen molar-refractivity contribution < 1.29 is 23.8 Å². The van der Waals surface area contributed by atoms with Crippen molar-refractivity contribution in [3.05, 3.63) is 69.6 Å². The fourth-order valence-electron chi connectivity index (χ4n) is 2.90. The second kappa shape index (κ2) is 9.39. The highest BCUT2D eigenvalue weighted by atomic mass is 79.9. The van der Waals surface area contributed by atoms with Crippen LogP contribution in [0.15, 0.2) is 53.1 Å². The number of halogens is 3.